The summed E-state index contributed by atoms with van der Waals surface area (Å²) in [6, 6.07) is 4.28. The number of carbonyl (C=O) groups excluding carboxylic acids is 2. The first-order valence-corrected chi connectivity index (χ1v) is 10.6. The van der Waals surface area contributed by atoms with Gasteiger partial charge in [0.25, 0.3) is 11.8 Å². The van der Waals surface area contributed by atoms with Crippen LogP contribution < -0.4 is 15.8 Å². The van der Waals surface area contributed by atoms with Crippen LogP contribution in [-0.2, 0) is 9.53 Å². The van der Waals surface area contributed by atoms with E-state index in [1.165, 1.54) is 33.0 Å². The van der Waals surface area contributed by atoms with Gasteiger partial charge in [-0.15, -0.1) is 0 Å². The number of nitrogens with one attached hydrogen (secondary N) is 1. The van der Waals surface area contributed by atoms with Crippen molar-refractivity contribution in [3.05, 3.63) is 53.4 Å². The number of rotatable bonds is 6. The fraction of sp³-hybridized carbons (Fsp3) is 0.435. The van der Waals surface area contributed by atoms with Gasteiger partial charge in [0.2, 0.25) is 5.82 Å². The van der Waals surface area contributed by atoms with Crippen molar-refractivity contribution in [3.8, 4) is 5.75 Å². The van der Waals surface area contributed by atoms with E-state index in [-0.39, 0.29) is 16.9 Å². The zero-order valence-electron chi connectivity index (χ0n) is 19.2. The maximum Gasteiger partial charge on any atom is 0.417 e. The summed E-state index contributed by atoms with van der Waals surface area (Å²) >= 11 is 0. The number of ether oxygens (including phenoxy) is 2. The molecule has 1 aromatic heterocycles. The molecule has 2 aromatic rings. The normalized spacial score (nSPS) is 24.5. The molecule has 1 aromatic carbocycles. The molecule has 0 saturated carbocycles. The summed E-state index contributed by atoms with van der Waals surface area (Å²) < 4.78 is 81.6. The molecule has 0 spiro atoms. The number of aromatic nitrogens is 1. The minimum Gasteiger partial charge on any atom is -0.488 e. The van der Waals surface area contributed by atoms with Gasteiger partial charge in [-0.2, -0.15) is 17.6 Å². The Morgan fingerprint density at radius 2 is 1.89 bits per heavy atom. The fourth-order valence-corrected chi connectivity index (χ4v) is 4.04. The van der Waals surface area contributed by atoms with Crippen LogP contribution in [0, 0.1) is 17.6 Å². The molecular weight excluding hydrogens is 477 g/mol. The number of pyridine rings is 1. The van der Waals surface area contributed by atoms with Crippen molar-refractivity contribution < 1.29 is 41.0 Å². The van der Waals surface area contributed by atoms with E-state index in [4.69, 9.17) is 15.2 Å². The van der Waals surface area contributed by atoms with Crippen LogP contribution in [0.25, 0.3) is 0 Å². The van der Waals surface area contributed by atoms with Crippen molar-refractivity contribution in [2.75, 3.05) is 5.32 Å². The smallest absolute Gasteiger partial charge is 0.417 e. The van der Waals surface area contributed by atoms with Crippen LogP contribution >= 0.6 is 0 Å². The first kappa shape index (κ1) is 26.3. The van der Waals surface area contributed by atoms with E-state index in [0.717, 1.165) is 25.1 Å². The minimum absolute atomic E-state index is 0.0263. The molecule has 7 nitrogen and oxygen atoms in total. The van der Waals surface area contributed by atoms with Crippen LogP contribution in [-0.4, -0.2) is 40.8 Å². The van der Waals surface area contributed by atoms with Crippen molar-refractivity contribution in [2.24, 2.45) is 11.7 Å². The molecule has 1 fully saturated rings. The molecule has 0 radical (unpaired) electrons. The highest BCUT2D eigenvalue weighted by Gasteiger charge is 2.66. The van der Waals surface area contributed by atoms with E-state index in [1.807, 2.05) is 0 Å². The molecule has 190 valence electrons. The Balaban J connectivity index is 2.10. The average molecular weight is 501 g/mol. The van der Waals surface area contributed by atoms with Crippen LogP contribution in [0.15, 0.2) is 30.5 Å². The molecule has 3 rings (SSSR count). The number of nitrogens with zero attached hydrogens (tertiary/aromatic N) is 1. The van der Waals surface area contributed by atoms with E-state index in [0.29, 0.717) is 0 Å². The second-order valence-electron chi connectivity index (χ2n) is 8.69. The van der Waals surface area contributed by atoms with Crippen LogP contribution in [0.4, 0.5) is 27.6 Å². The summed E-state index contributed by atoms with van der Waals surface area (Å²) in [6.07, 6.45) is -6.14. The number of carbonyl (C=O) groups is 2. The van der Waals surface area contributed by atoms with E-state index in [1.54, 1.807) is 0 Å². The number of hydrogen-bond donors (Lipinski definition) is 2. The Hall–Kier alpha value is -3.28. The molecule has 0 unspecified atom stereocenters. The summed E-state index contributed by atoms with van der Waals surface area (Å²) in [5.41, 5.74) is 2.07. The molecule has 1 aliphatic heterocycles. The summed E-state index contributed by atoms with van der Waals surface area (Å²) in [5.74, 6) is -7.90. The largest absolute Gasteiger partial charge is 0.488 e. The number of anilines is 1. The van der Waals surface area contributed by atoms with Gasteiger partial charge < -0.3 is 20.5 Å². The van der Waals surface area contributed by atoms with Crippen LogP contribution in [0.2, 0.25) is 0 Å². The van der Waals surface area contributed by atoms with Crippen molar-refractivity contribution in [3.63, 3.8) is 0 Å². The maximum atomic E-state index is 14.7. The number of nitrogens with two attached hydrogens (primary N) is 1. The molecule has 1 saturated heterocycles. The molecule has 2 amide bonds. The maximum absolute atomic E-state index is 14.7. The quantitative estimate of drug-likeness (QED) is 0.574. The second-order valence-corrected chi connectivity index (χ2v) is 8.69. The van der Waals surface area contributed by atoms with Gasteiger partial charge in [-0.1, -0.05) is 13.0 Å². The van der Waals surface area contributed by atoms with Gasteiger partial charge in [0.15, 0.2) is 17.2 Å². The van der Waals surface area contributed by atoms with Gasteiger partial charge in [0.05, 0.1) is 6.10 Å². The summed E-state index contributed by atoms with van der Waals surface area (Å²) in [4.78, 5) is 28.3. The van der Waals surface area contributed by atoms with Crippen LogP contribution in [0.1, 0.15) is 49.7 Å². The Morgan fingerprint density at radius 1 is 1.23 bits per heavy atom. The molecule has 35 heavy (non-hydrogen) atoms. The highest BCUT2D eigenvalue weighted by atomic mass is 19.4. The topological polar surface area (TPSA) is 104 Å². The van der Waals surface area contributed by atoms with E-state index in [2.05, 4.69) is 10.3 Å². The molecule has 2 heterocycles. The van der Waals surface area contributed by atoms with Gasteiger partial charge in [0, 0.05) is 29.3 Å². The lowest BCUT2D eigenvalue weighted by Gasteiger charge is -2.32. The fourth-order valence-electron chi connectivity index (χ4n) is 4.04. The highest BCUT2D eigenvalue weighted by Crippen LogP contribution is 2.55. The zero-order chi connectivity index (χ0) is 26.3. The van der Waals surface area contributed by atoms with Crippen LogP contribution in [0.5, 0.6) is 5.75 Å². The van der Waals surface area contributed by atoms with Crippen molar-refractivity contribution in [1.29, 1.82) is 0 Å². The number of primary amides is 1. The average Bonchev–Trinajstić information content (AvgIpc) is 3.04. The predicted octanol–water partition coefficient (Wildman–Crippen LogP) is 4.32. The molecule has 12 heteroatoms. The Labute approximate surface area is 197 Å². The van der Waals surface area contributed by atoms with Crippen LogP contribution in [0.3, 0.4) is 0 Å². The standard InChI is InChI=1S/C23H24F5N3O4/c1-10(2)34-18-13(5-6-14(24)17(18)25)16-11(3)22(4,23(26,27)28)35-19(16)21(33)31-12-7-8-30-15(9-12)20(29)32/h5-11,16,19H,1-4H3,(H2,29,32)(H,30,31,33)/t11-,16+,19+,22+/m1/s1. The third kappa shape index (κ3) is 4.93. The van der Waals surface area contributed by atoms with Gasteiger partial charge in [-0.3, -0.25) is 14.6 Å². The minimum atomic E-state index is -4.90. The summed E-state index contributed by atoms with van der Waals surface area (Å²) in [6.45, 7) is 5.07. The monoisotopic (exact) mass is 501 g/mol. The van der Waals surface area contributed by atoms with Gasteiger partial charge in [-0.05, 0) is 39.0 Å². The lowest BCUT2D eigenvalue weighted by Crippen LogP contribution is -2.47. The molecule has 0 aliphatic carbocycles. The van der Waals surface area contributed by atoms with Crippen molar-refractivity contribution in [2.45, 2.75) is 57.6 Å². The molecule has 0 bridgehead atoms. The molecule has 1 aliphatic rings. The highest BCUT2D eigenvalue weighted by molar-refractivity contribution is 5.97. The van der Waals surface area contributed by atoms with E-state index >= 15 is 0 Å². The van der Waals surface area contributed by atoms with Gasteiger partial charge in [-0.25, -0.2) is 4.39 Å². The number of hydrogen-bond acceptors (Lipinski definition) is 5. The SMILES string of the molecule is CC(C)Oc1c([C@H]2[C@@H](C(=O)Nc3ccnc(C(N)=O)c3)O[C@](C)(C(F)(F)F)[C@@H]2C)ccc(F)c1F. The lowest BCUT2D eigenvalue weighted by atomic mass is 9.77. The van der Waals surface area contributed by atoms with E-state index in [9.17, 15) is 31.5 Å². The molecule has 4 atom stereocenters. The Bertz CT molecular complexity index is 1140. The summed E-state index contributed by atoms with van der Waals surface area (Å²) in [5, 5.41) is 2.39. The summed E-state index contributed by atoms with van der Waals surface area (Å²) in [7, 11) is 0. The van der Waals surface area contributed by atoms with Gasteiger partial charge in [0.1, 0.15) is 11.8 Å². The second kappa shape index (κ2) is 9.40. The molecular formula is C23H24F5N3O4. The first-order chi connectivity index (χ1) is 16.2. The van der Waals surface area contributed by atoms with Crippen molar-refractivity contribution >= 4 is 17.5 Å². The Kier molecular flexibility index (Phi) is 7.07. The lowest BCUT2D eigenvalue weighted by molar-refractivity contribution is -0.272. The molecule has 3 N–H and O–H groups in total. The van der Waals surface area contributed by atoms with Crippen molar-refractivity contribution in [1.82, 2.24) is 4.98 Å². The first-order valence-electron chi connectivity index (χ1n) is 10.6. The Morgan fingerprint density at radius 3 is 2.46 bits per heavy atom. The number of halogens is 5. The number of alkyl halides is 3. The third-order valence-electron chi connectivity index (χ3n) is 6.00. The van der Waals surface area contributed by atoms with E-state index < -0.39 is 65.0 Å². The van der Waals surface area contributed by atoms with Gasteiger partial charge >= 0.3 is 6.18 Å². The number of benzene rings is 1. The zero-order valence-corrected chi connectivity index (χ0v) is 19.2. The third-order valence-corrected chi connectivity index (χ3v) is 6.00. The predicted molar refractivity (Wildman–Crippen MR) is 115 cm³/mol. The number of amides is 2.